The molecule has 6 nitrogen and oxygen atoms in total. The van der Waals surface area contributed by atoms with E-state index in [1.165, 1.54) is 7.11 Å². The summed E-state index contributed by atoms with van der Waals surface area (Å²) in [6, 6.07) is 3.56. The summed E-state index contributed by atoms with van der Waals surface area (Å²) >= 11 is 1.58. The molecule has 22 heavy (non-hydrogen) atoms. The minimum Gasteiger partial charge on any atom is -0.494 e. The smallest absolute Gasteiger partial charge is 0.273 e. The van der Waals surface area contributed by atoms with Crippen LogP contribution in [0.1, 0.15) is 46.0 Å². The maximum Gasteiger partial charge on any atom is 0.273 e. The number of rotatable bonds is 6. The summed E-state index contributed by atoms with van der Waals surface area (Å²) in [7, 11) is 1.53. The van der Waals surface area contributed by atoms with Gasteiger partial charge in [-0.3, -0.25) is 4.79 Å². The van der Waals surface area contributed by atoms with Crippen LogP contribution in [0.4, 0.5) is 0 Å². The third kappa shape index (κ3) is 4.00. The summed E-state index contributed by atoms with van der Waals surface area (Å²) in [5, 5.41) is 13.1. The highest BCUT2D eigenvalue weighted by Gasteiger charge is 2.14. The zero-order chi connectivity index (χ0) is 16.1. The maximum atomic E-state index is 12.2. The maximum absolute atomic E-state index is 12.2. The van der Waals surface area contributed by atoms with Gasteiger partial charge in [0.2, 0.25) is 0 Å². The van der Waals surface area contributed by atoms with Crippen molar-refractivity contribution in [3.63, 3.8) is 0 Å². The number of hydrogen-bond donors (Lipinski definition) is 1. The molecule has 2 rings (SSSR count). The molecule has 0 atom stereocenters. The quantitative estimate of drug-likeness (QED) is 0.884. The highest BCUT2D eigenvalue weighted by Crippen LogP contribution is 2.19. The summed E-state index contributed by atoms with van der Waals surface area (Å²) in [6.45, 7) is 6.50. The van der Waals surface area contributed by atoms with Crippen molar-refractivity contribution in [3.05, 3.63) is 33.5 Å². The summed E-state index contributed by atoms with van der Waals surface area (Å²) in [5.74, 6) is 0.608. The predicted octanol–water partition coefficient (Wildman–Crippen LogP) is 2.35. The van der Waals surface area contributed by atoms with Crippen molar-refractivity contribution < 1.29 is 9.53 Å². The molecule has 2 aromatic heterocycles. The molecule has 0 aliphatic rings. The third-order valence-corrected chi connectivity index (χ3v) is 4.32. The van der Waals surface area contributed by atoms with Gasteiger partial charge in [0.1, 0.15) is 15.8 Å². The number of hydrogen-bond acceptors (Lipinski definition) is 6. The molecule has 7 heteroatoms. The van der Waals surface area contributed by atoms with E-state index in [4.69, 9.17) is 4.74 Å². The van der Waals surface area contributed by atoms with Crippen molar-refractivity contribution in [1.82, 2.24) is 20.5 Å². The molecule has 0 saturated carbocycles. The number of aromatic nitrogens is 3. The molecule has 1 amide bonds. The zero-order valence-corrected chi connectivity index (χ0v) is 14.0. The first-order valence-corrected chi connectivity index (χ1v) is 7.95. The second-order valence-corrected chi connectivity index (χ2v) is 6.29. The number of methoxy groups -OCH3 is 1. The number of carbonyl (C=O) groups is 1. The third-order valence-electron chi connectivity index (χ3n) is 3.03. The van der Waals surface area contributed by atoms with Crippen LogP contribution in [-0.4, -0.2) is 34.7 Å². The lowest BCUT2D eigenvalue weighted by atomic mass is 10.2. The van der Waals surface area contributed by atoms with Gasteiger partial charge in [0, 0.05) is 24.6 Å². The van der Waals surface area contributed by atoms with Crippen molar-refractivity contribution in [1.29, 1.82) is 0 Å². The molecule has 118 valence electrons. The van der Waals surface area contributed by atoms with Crippen LogP contribution in [0, 0.1) is 6.92 Å². The average Bonchev–Trinajstić information content (AvgIpc) is 2.96. The highest BCUT2D eigenvalue weighted by atomic mass is 32.1. The fourth-order valence-electron chi connectivity index (χ4n) is 1.84. The lowest BCUT2D eigenvalue weighted by Gasteiger charge is -2.08. The Bertz CT molecular complexity index is 655. The SMILES string of the molecule is COc1ccc(C)nc1C(=O)NCCc1nnc(C(C)C)s1. The molecule has 0 radical (unpaired) electrons. The summed E-state index contributed by atoms with van der Waals surface area (Å²) in [4.78, 5) is 16.4. The molecule has 0 fully saturated rings. The van der Waals surface area contributed by atoms with Crippen LogP contribution in [0.25, 0.3) is 0 Å². The van der Waals surface area contributed by atoms with Crippen molar-refractivity contribution in [3.8, 4) is 5.75 Å². The fraction of sp³-hybridized carbons (Fsp3) is 0.467. The number of carbonyl (C=O) groups excluding carboxylic acids is 1. The minimum absolute atomic E-state index is 0.242. The lowest BCUT2D eigenvalue weighted by molar-refractivity contribution is 0.0945. The Morgan fingerprint density at radius 2 is 2.14 bits per heavy atom. The Kier molecular flexibility index (Phi) is 5.43. The normalized spacial score (nSPS) is 10.8. The summed E-state index contributed by atoms with van der Waals surface area (Å²) < 4.78 is 5.17. The lowest BCUT2D eigenvalue weighted by Crippen LogP contribution is -2.27. The van der Waals surface area contributed by atoms with E-state index in [2.05, 4.69) is 34.3 Å². The van der Waals surface area contributed by atoms with E-state index in [0.717, 1.165) is 15.7 Å². The molecule has 0 aromatic carbocycles. The monoisotopic (exact) mass is 320 g/mol. The minimum atomic E-state index is -0.242. The molecule has 0 unspecified atom stereocenters. The second-order valence-electron chi connectivity index (χ2n) is 5.20. The van der Waals surface area contributed by atoms with Gasteiger partial charge in [0.05, 0.1) is 7.11 Å². The predicted molar refractivity (Wildman–Crippen MR) is 85.6 cm³/mol. The first-order chi connectivity index (χ1) is 10.5. The van der Waals surface area contributed by atoms with Crippen LogP contribution in [0.5, 0.6) is 5.75 Å². The zero-order valence-electron chi connectivity index (χ0n) is 13.2. The molecular weight excluding hydrogens is 300 g/mol. The van der Waals surface area contributed by atoms with Gasteiger partial charge in [0.15, 0.2) is 5.69 Å². The molecule has 0 spiro atoms. The van der Waals surface area contributed by atoms with Gasteiger partial charge in [-0.15, -0.1) is 21.5 Å². The molecule has 0 bridgehead atoms. The Hall–Kier alpha value is -2.02. The molecule has 2 aromatic rings. The van der Waals surface area contributed by atoms with E-state index >= 15 is 0 Å². The molecule has 0 aliphatic carbocycles. The Morgan fingerprint density at radius 3 is 2.77 bits per heavy atom. The number of pyridine rings is 1. The average molecular weight is 320 g/mol. The Morgan fingerprint density at radius 1 is 1.36 bits per heavy atom. The van der Waals surface area contributed by atoms with E-state index in [1.54, 1.807) is 17.4 Å². The van der Waals surface area contributed by atoms with Gasteiger partial charge >= 0.3 is 0 Å². The fourth-order valence-corrected chi connectivity index (χ4v) is 2.68. The molecule has 1 N–H and O–H groups in total. The topological polar surface area (TPSA) is 77.0 Å². The highest BCUT2D eigenvalue weighted by molar-refractivity contribution is 7.11. The van der Waals surface area contributed by atoms with Crippen LogP contribution in [0.2, 0.25) is 0 Å². The number of aryl methyl sites for hydroxylation is 1. The van der Waals surface area contributed by atoms with Gasteiger partial charge < -0.3 is 10.1 Å². The van der Waals surface area contributed by atoms with E-state index in [0.29, 0.717) is 30.3 Å². The number of amides is 1. The van der Waals surface area contributed by atoms with Crippen molar-refractivity contribution in [2.75, 3.05) is 13.7 Å². The standard InChI is InChI=1S/C15H20N4O2S/c1-9(2)15-19-18-12(22-15)7-8-16-14(20)13-11(21-4)6-5-10(3)17-13/h5-6,9H,7-8H2,1-4H3,(H,16,20). The van der Waals surface area contributed by atoms with Crippen LogP contribution in [0.15, 0.2) is 12.1 Å². The van der Waals surface area contributed by atoms with Crippen molar-refractivity contribution in [2.45, 2.75) is 33.1 Å². The van der Waals surface area contributed by atoms with E-state index in [-0.39, 0.29) is 5.91 Å². The van der Waals surface area contributed by atoms with E-state index < -0.39 is 0 Å². The van der Waals surface area contributed by atoms with Crippen molar-refractivity contribution in [2.24, 2.45) is 0 Å². The van der Waals surface area contributed by atoms with Crippen LogP contribution >= 0.6 is 11.3 Å². The first kappa shape index (κ1) is 16.4. The summed E-state index contributed by atoms with van der Waals surface area (Å²) in [6.07, 6.45) is 0.657. The molecule has 0 aliphatic heterocycles. The number of nitrogens with one attached hydrogen (secondary N) is 1. The van der Waals surface area contributed by atoms with Gasteiger partial charge in [-0.1, -0.05) is 13.8 Å². The largest absolute Gasteiger partial charge is 0.494 e. The number of nitrogens with zero attached hydrogens (tertiary/aromatic N) is 3. The first-order valence-electron chi connectivity index (χ1n) is 7.13. The van der Waals surface area contributed by atoms with Gasteiger partial charge in [0.25, 0.3) is 5.91 Å². The Balaban J connectivity index is 1.94. The van der Waals surface area contributed by atoms with E-state index in [1.807, 2.05) is 13.0 Å². The molecular formula is C15H20N4O2S. The van der Waals surface area contributed by atoms with Crippen LogP contribution in [0.3, 0.4) is 0 Å². The number of ether oxygens (including phenoxy) is 1. The van der Waals surface area contributed by atoms with Crippen LogP contribution < -0.4 is 10.1 Å². The Labute approximate surface area is 134 Å². The molecule has 0 saturated heterocycles. The van der Waals surface area contributed by atoms with Gasteiger partial charge in [-0.25, -0.2) is 4.98 Å². The van der Waals surface area contributed by atoms with Gasteiger partial charge in [-0.05, 0) is 19.1 Å². The second kappa shape index (κ2) is 7.31. The van der Waals surface area contributed by atoms with E-state index in [9.17, 15) is 4.79 Å². The summed E-state index contributed by atoms with van der Waals surface area (Å²) in [5.41, 5.74) is 1.08. The molecule has 2 heterocycles. The van der Waals surface area contributed by atoms with Gasteiger partial charge in [-0.2, -0.15) is 0 Å². The van der Waals surface area contributed by atoms with Crippen molar-refractivity contribution >= 4 is 17.2 Å². The van der Waals surface area contributed by atoms with Crippen LogP contribution in [-0.2, 0) is 6.42 Å².